The zero-order valence-corrected chi connectivity index (χ0v) is 6.45. The van der Waals surface area contributed by atoms with Crippen LogP contribution in [-0.2, 0) is 0 Å². The van der Waals surface area contributed by atoms with Crippen molar-refractivity contribution in [3.8, 4) is 0 Å². The van der Waals surface area contributed by atoms with Gasteiger partial charge in [0.2, 0.25) is 0 Å². The summed E-state index contributed by atoms with van der Waals surface area (Å²) in [4.78, 5) is 0. The van der Waals surface area contributed by atoms with E-state index in [0.717, 1.165) is 11.3 Å². The molecule has 0 bridgehead atoms. The van der Waals surface area contributed by atoms with Crippen LogP contribution in [0.1, 0.15) is 18.4 Å². The molecule has 0 unspecified atom stereocenters. The van der Waals surface area contributed by atoms with Crippen LogP contribution >= 0.6 is 11.3 Å². The first-order valence-corrected chi connectivity index (χ1v) is 4.43. The SMILES string of the molecule is N=C(c1ccsc1)C1CC1. The fraction of sp³-hybridized carbons (Fsp3) is 0.375. The van der Waals surface area contributed by atoms with Crippen molar-refractivity contribution >= 4 is 17.0 Å². The van der Waals surface area contributed by atoms with E-state index < -0.39 is 0 Å². The van der Waals surface area contributed by atoms with Crippen LogP contribution in [0.15, 0.2) is 16.8 Å². The molecule has 0 spiro atoms. The highest BCUT2D eigenvalue weighted by molar-refractivity contribution is 7.08. The van der Waals surface area contributed by atoms with Crippen LogP contribution in [0.25, 0.3) is 0 Å². The Morgan fingerprint density at radius 1 is 1.60 bits per heavy atom. The molecule has 0 amide bonds. The van der Waals surface area contributed by atoms with E-state index in [1.165, 1.54) is 12.8 Å². The van der Waals surface area contributed by atoms with Gasteiger partial charge in [-0.25, -0.2) is 0 Å². The summed E-state index contributed by atoms with van der Waals surface area (Å²) in [6.07, 6.45) is 2.46. The van der Waals surface area contributed by atoms with E-state index in [2.05, 4.69) is 5.38 Å². The molecule has 0 saturated heterocycles. The van der Waals surface area contributed by atoms with E-state index >= 15 is 0 Å². The quantitative estimate of drug-likeness (QED) is 0.628. The number of hydrogen-bond acceptors (Lipinski definition) is 2. The lowest BCUT2D eigenvalue weighted by atomic mass is 10.1. The van der Waals surface area contributed by atoms with Gasteiger partial charge in [0.25, 0.3) is 0 Å². The second-order valence-electron chi connectivity index (χ2n) is 2.70. The van der Waals surface area contributed by atoms with E-state index in [4.69, 9.17) is 5.41 Å². The standard InChI is InChI=1S/C8H9NS/c9-8(6-1-2-6)7-3-4-10-5-7/h3-6,9H,1-2H2. The Morgan fingerprint density at radius 2 is 2.40 bits per heavy atom. The monoisotopic (exact) mass is 151 g/mol. The maximum absolute atomic E-state index is 7.67. The van der Waals surface area contributed by atoms with Gasteiger partial charge in [-0.05, 0) is 29.7 Å². The molecule has 0 aliphatic heterocycles. The number of nitrogens with one attached hydrogen (secondary N) is 1. The second kappa shape index (κ2) is 2.20. The first-order valence-electron chi connectivity index (χ1n) is 3.49. The van der Waals surface area contributed by atoms with Crippen LogP contribution in [0.3, 0.4) is 0 Å². The van der Waals surface area contributed by atoms with Gasteiger partial charge in [-0.15, -0.1) is 0 Å². The maximum atomic E-state index is 7.67. The van der Waals surface area contributed by atoms with E-state index in [1.807, 2.05) is 11.4 Å². The van der Waals surface area contributed by atoms with Crippen LogP contribution in [-0.4, -0.2) is 5.71 Å². The van der Waals surface area contributed by atoms with Crippen LogP contribution in [0.4, 0.5) is 0 Å². The average molecular weight is 151 g/mol. The fourth-order valence-corrected chi connectivity index (χ4v) is 1.68. The minimum absolute atomic E-state index is 0.592. The van der Waals surface area contributed by atoms with Crippen molar-refractivity contribution < 1.29 is 0 Å². The highest BCUT2D eigenvalue weighted by Crippen LogP contribution is 2.32. The van der Waals surface area contributed by atoms with Gasteiger partial charge >= 0.3 is 0 Å². The Hall–Kier alpha value is -0.630. The van der Waals surface area contributed by atoms with Crippen molar-refractivity contribution in [1.29, 1.82) is 5.41 Å². The first-order chi connectivity index (χ1) is 4.88. The third-order valence-electron chi connectivity index (χ3n) is 1.82. The lowest BCUT2D eigenvalue weighted by molar-refractivity contribution is 1.16. The molecule has 1 saturated carbocycles. The summed E-state index contributed by atoms with van der Waals surface area (Å²) in [5, 5.41) is 11.8. The molecule has 1 aliphatic carbocycles. The van der Waals surface area contributed by atoms with Gasteiger partial charge in [-0.1, -0.05) is 0 Å². The molecule has 52 valence electrons. The molecule has 1 aromatic rings. The lowest BCUT2D eigenvalue weighted by Gasteiger charge is -1.94. The van der Waals surface area contributed by atoms with Gasteiger partial charge in [0.05, 0.1) is 0 Å². The molecule has 1 nitrogen and oxygen atoms in total. The van der Waals surface area contributed by atoms with E-state index in [-0.39, 0.29) is 0 Å². The topological polar surface area (TPSA) is 23.9 Å². The molecular weight excluding hydrogens is 142 g/mol. The Balaban J connectivity index is 2.19. The van der Waals surface area contributed by atoms with Gasteiger partial charge in [-0.2, -0.15) is 11.3 Å². The average Bonchev–Trinajstić information content (AvgIpc) is 2.65. The Bertz CT molecular complexity index is 234. The predicted molar refractivity (Wildman–Crippen MR) is 43.9 cm³/mol. The maximum Gasteiger partial charge on any atom is 0.0425 e. The van der Waals surface area contributed by atoms with Gasteiger partial charge in [-0.3, -0.25) is 0 Å². The summed E-state index contributed by atoms with van der Waals surface area (Å²) in [6, 6.07) is 2.03. The van der Waals surface area contributed by atoms with Crippen LogP contribution in [0, 0.1) is 11.3 Å². The normalized spacial score (nSPS) is 17.2. The molecule has 0 radical (unpaired) electrons. The molecule has 10 heavy (non-hydrogen) atoms. The summed E-state index contributed by atoms with van der Waals surface area (Å²) < 4.78 is 0. The molecule has 1 heterocycles. The molecule has 0 aromatic carbocycles. The number of thiophene rings is 1. The molecular formula is C8H9NS. The molecule has 2 heteroatoms. The third-order valence-corrected chi connectivity index (χ3v) is 2.50. The van der Waals surface area contributed by atoms with Crippen molar-refractivity contribution in [2.45, 2.75) is 12.8 Å². The molecule has 1 aliphatic rings. The van der Waals surface area contributed by atoms with Gasteiger partial charge < -0.3 is 5.41 Å². The number of hydrogen-bond donors (Lipinski definition) is 1. The van der Waals surface area contributed by atoms with Gasteiger partial charge in [0, 0.05) is 17.2 Å². The van der Waals surface area contributed by atoms with Crippen molar-refractivity contribution in [3.63, 3.8) is 0 Å². The molecule has 1 aromatic heterocycles. The Labute approximate surface area is 64.2 Å². The van der Waals surface area contributed by atoms with Gasteiger partial charge in [0.1, 0.15) is 0 Å². The molecule has 1 fully saturated rings. The number of rotatable bonds is 2. The van der Waals surface area contributed by atoms with Crippen LogP contribution in [0.5, 0.6) is 0 Å². The van der Waals surface area contributed by atoms with E-state index in [1.54, 1.807) is 11.3 Å². The Kier molecular flexibility index (Phi) is 1.34. The largest absolute Gasteiger partial charge is 0.304 e. The minimum atomic E-state index is 0.592. The zero-order chi connectivity index (χ0) is 6.97. The van der Waals surface area contributed by atoms with Gasteiger partial charge in [0.15, 0.2) is 0 Å². The minimum Gasteiger partial charge on any atom is -0.304 e. The third kappa shape index (κ3) is 0.991. The van der Waals surface area contributed by atoms with E-state index in [9.17, 15) is 0 Å². The van der Waals surface area contributed by atoms with Crippen LogP contribution in [0.2, 0.25) is 0 Å². The summed E-state index contributed by atoms with van der Waals surface area (Å²) in [5.41, 5.74) is 1.98. The summed E-state index contributed by atoms with van der Waals surface area (Å²) >= 11 is 1.67. The Morgan fingerprint density at radius 3 is 2.90 bits per heavy atom. The summed E-state index contributed by atoms with van der Waals surface area (Å²) in [5.74, 6) is 0.592. The van der Waals surface area contributed by atoms with Crippen LogP contribution < -0.4 is 0 Å². The summed E-state index contributed by atoms with van der Waals surface area (Å²) in [7, 11) is 0. The molecule has 1 N–H and O–H groups in total. The smallest absolute Gasteiger partial charge is 0.0425 e. The zero-order valence-electron chi connectivity index (χ0n) is 5.63. The first kappa shape index (κ1) is 6.10. The molecule has 0 atom stereocenters. The van der Waals surface area contributed by atoms with Crippen molar-refractivity contribution in [2.75, 3.05) is 0 Å². The second-order valence-corrected chi connectivity index (χ2v) is 3.48. The summed E-state index contributed by atoms with van der Waals surface area (Å²) in [6.45, 7) is 0. The van der Waals surface area contributed by atoms with E-state index in [0.29, 0.717) is 5.92 Å². The fourth-order valence-electron chi connectivity index (χ4n) is 1.03. The highest BCUT2D eigenvalue weighted by atomic mass is 32.1. The lowest BCUT2D eigenvalue weighted by Crippen LogP contribution is -1.97. The highest BCUT2D eigenvalue weighted by Gasteiger charge is 2.27. The van der Waals surface area contributed by atoms with Crippen molar-refractivity contribution in [2.24, 2.45) is 5.92 Å². The van der Waals surface area contributed by atoms with Crippen molar-refractivity contribution in [3.05, 3.63) is 22.4 Å². The van der Waals surface area contributed by atoms with Crippen molar-refractivity contribution in [1.82, 2.24) is 0 Å². The molecule has 2 rings (SSSR count). The predicted octanol–water partition coefficient (Wildman–Crippen LogP) is 2.53.